The molecule has 0 aliphatic carbocycles. The van der Waals surface area contributed by atoms with Gasteiger partial charge in [0.05, 0.1) is 21.8 Å². The molecule has 164 valence electrons. The summed E-state index contributed by atoms with van der Waals surface area (Å²) in [5.74, 6) is 0. The van der Waals surface area contributed by atoms with Crippen LogP contribution in [0, 0.1) is 0 Å². The Morgan fingerprint density at radius 1 is 1.00 bits per heavy atom. The van der Waals surface area contributed by atoms with Crippen LogP contribution in [-0.2, 0) is 18.9 Å². The maximum absolute atomic E-state index is 13.3. The Morgan fingerprint density at radius 3 is 2.13 bits per heavy atom. The topological polar surface area (TPSA) is 70.5 Å². The van der Waals surface area contributed by atoms with Gasteiger partial charge in [-0.05, 0) is 45.8 Å². The number of nitrogens with zero attached hydrogens (tertiary/aromatic N) is 2. The molecule has 0 aromatic heterocycles. The van der Waals surface area contributed by atoms with E-state index in [1.54, 1.807) is 0 Å². The summed E-state index contributed by atoms with van der Waals surface area (Å²) < 4.78 is 77.6. The molecule has 1 heterocycles. The molecule has 1 fully saturated rings. The van der Waals surface area contributed by atoms with Crippen LogP contribution in [0.1, 0.15) is 16.7 Å². The maximum atomic E-state index is 13.3. The summed E-state index contributed by atoms with van der Waals surface area (Å²) in [4.78, 5) is 1.46. The highest BCUT2D eigenvalue weighted by Gasteiger charge is 2.39. The van der Waals surface area contributed by atoms with E-state index in [1.807, 2.05) is 0 Å². The molecule has 1 aliphatic rings. The van der Waals surface area contributed by atoms with Crippen molar-refractivity contribution in [2.24, 2.45) is 11.5 Å². The van der Waals surface area contributed by atoms with Gasteiger partial charge in [0.1, 0.15) is 6.29 Å². The van der Waals surface area contributed by atoms with E-state index in [0.717, 1.165) is 18.2 Å². The lowest BCUT2D eigenvalue weighted by Gasteiger charge is -2.27. The van der Waals surface area contributed by atoms with Crippen molar-refractivity contribution in [1.29, 1.82) is 0 Å². The SMILES string of the molecule is NC1NN(c2cc(Cl)c(Br)c(C(F)(F)F)c2)C(N)N1Cc1ccc(C(F)(F)F)cc1. The number of hydrazine groups is 1. The number of nitrogens with two attached hydrogens (primary N) is 2. The van der Waals surface area contributed by atoms with Gasteiger partial charge in [-0.2, -0.15) is 26.3 Å². The highest BCUT2D eigenvalue weighted by atomic mass is 79.9. The first-order valence-corrected chi connectivity index (χ1v) is 9.51. The van der Waals surface area contributed by atoms with Crippen LogP contribution >= 0.6 is 27.5 Å². The van der Waals surface area contributed by atoms with Crippen molar-refractivity contribution in [3.05, 3.63) is 62.6 Å². The third kappa shape index (κ3) is 4.68. The van der Waals surface area contributed by atoms with Crippen LogP contribution in [0.4, 0.5) is 32.0 Å². The number of hydrogen-bond donors (Lipinski definition) is 3. The van der Waals surface area contributed by atoms with Crippen LogP contribution in [0.5, 0.6) is 0 Å². The summed E-state index contributed by atoms with van der Waals surface area (Å²) in [5.41, 5.74) is 13.6. The highest BCUT2D eigenvalue weighted by molar-refractivity contribution is 9.10. The van der Waals surface area contributed by atoms with Gasteiger partial charge in [-0.15, -0.1) is 0 Å². The normalized spacial score (nSPS) is 20.8. The maximum Gasteiger partial charge on any atom is 0.417 e. The second kappa shape index (κ2) is 8.17. The zero-order valence-electron chi connectivity index (χ0n) is 14.9. The zero-order chi connectivity index (χ0) is 22.4. The van der Waals surface area contributed by atoms with Crippen molar-refractivity contribution in [3.8, 4) is 0 Å². The first-order chi connectivity index (χ1) is 13.8. The molecule has 0 saturated carbocycles. The fraction of sp³-hybridized carbons (Fsp3) is 0.294. The van der Waals surface area contributed by atoms with Gasteiger partial charge in [-0.25, -0.2) is 10.3 Å². The van der Waals surface area contributed by atoms with Crippen molar-refractivity contribution in [2.75, 3.05) is 5.01 Å². The molecular formula is C17H15BrClF6N5. The van der Waals surface area contributed by atoms with Crippen LogP contribution in [-0.4, -0.2) is 17.5 Å². The molecule has 1 saturated heterocycles. The number of halogens is 8. The lowest BCUT2D eigenvalue weighted by molar-refractivity contribution is -0.138. The number of benzene rings is 2. The second-order valence-electron chi connectivity index (χ2n) is 6.51. The van der Waals surface area contributed by atoms with Crippen LogP contribution in [0.25, 0.3) is 0 Å². The Kier molecular flexibility index (Phi) is 6.29. The monoisotopic (exact) mass is 517 g/mol. The summed E-state index contributed by atoms with van der Waals surface area (Å²) in [6.45, 7) is 0.0559. The zero-order valence-corrected chi connectivity index (χ0v) is 17.2. The Bertz CT molecular complexity index is 921. The van der Waals surface area contributed by atoms with Crippen molar-refractivity contribution < 1.29 is 26.3 Å². The molecule has 0 bridgehead atoms. The quantitative estimate of drug-likeness (QED) is 0.524. The van der Waals surface area contributed by atoms with Gasteiger partial charge in [0, 0.05) is 11.0 Å². The van der Waals surface area contributed by atoms with Gasteiger partial charge in [0.25, 0.3) is 0 Å². The van der Waals surface area contributed by atoms with Crippen LogP contribution in [0.3, 0.4) is 0 Å². The van der Waals surface area contributed by atoms with Crippen LogP contribution in [0.15, 0.2) is 40.9 Å². The van der Waals surface area contributed by atoms with E-state index >= 15 is 0 Å². The third-order valence-corrected chi connectivity index (χ3v) is 5.86. The average molecular weight is 519 g/mol. The number of nitrogens with one attached hydrogen (secondary N) is 1. The molecule has 1 aliphatic heterocycles. The molecule has 30 heavy (non-hydrogen) atoms. The van der Waals surface area contributed by atoms with Gasteiger partial charge in [0.15, 0.2) is 6.29 Å². The van der Waals surface area contributed by atoms with Gasteiger partial charge in [-0.3, -0.25) is 10.7 Å². The van der Waals surface area contributed by atoms with Crippen molar-refractivity contribution in [2.45, 2.75) is 31.5 Å². The van der Waals surface area contributed by atoms with Crippen molar-refractivity contribution in [1.82, 2.24) is 10.3 Å². The molecular weight excluding hydrogens is 504 g/mol. The Balaban J connectivity index is 1.84. The van der Waals surface area contributed by atoms with E-state index in [0.29, 0.717) is 5.56 Å². The fourth-order valence-electron chi connectivity index (χ4n) is 2.96. The fourth-order valence-corrected chi connectivity index (χ4v) is 3.62. The van der Waals surface area contributed by atoms with Crippen molar-refractivity contribution in [3.63, 3.8) is 0 Å². The average Bonchev–Trinajstić information content (AvgIpc) is 2.91. The van der Waals surface area contributed by atoms with E-state index in [4.69, 9.17) is 23.1 Å². The molecule has 2 aromatic carbocycles. The van der Waals surface area contributed by atoms with Gasteiger partial charge >= 0.3 is 12.4 Å². The summed E-state index contributed by atoms with van der Waals surface area (Å²) in [7, 11) is 0. The summed E-state index contributed by atoms with van der Waals surface area (Å²) in [6.07, 6.45) is -11.0. The molecule has 0 spiro atoms. The van der Waals surface area contributed by atoms with E-state index in [2.05, 4.69) is 21.4 Å². The molecule has 2 atom stereocenters. The van der Waals surface area contributed by atoms with Gasteiger partial charge in [-0.1, -0.05) is 23.7 Å². The lowest BCUT2D eigenvalue weighted by Crippen LogP contribution is -2.48. The molecule has 2 unspecified atom stereocenters. The van der Waals surface area contributed by atoms with E-state index in [-0.39, 0.29) is 21.7 Å². The Morgan fingerprint density at radius 2 is 1.60 bits per heavy atom. The largest absolute Gasteiger partial charge is 0.417 e. The molecule has 0 amide bonds. The van der Waals surface area contributed by atoms with Crippen LogP contribution < -0.4 is 21.9 Å². The first-order valence-electron chi connectivity index (χ1n) is 8.33. The molecule has 0 radical (unpaired) electrons. The second-order valence-corrected chi connectivity index (χ2v) is 7.71. The predicted molar refractivity (Wildman–Crippen MR) is 103 cm³/mol. The molecule has 5 N–H and O–H groups in total. The Hall–Kier alpha value is -1.57. The van der Waals surface area contributed by atoms with E-state index < -0.39 is 36.1 Å². The predicted octanol–water partition coefficient (Wildman–Crippen LogP) is 4.45. The number of rotatable bonds is 3. The summed E-state index contributed by atoms with van der Waals surface area (Å²) in [6, 6.07) is 6.56. The van der Waals surface area contributed by atoms with E-state index in [9.17, 15) is 26.3 Å². The molecule has 5 nitrogen and oxygen atoms in total. The molecule has 3 rings (SSSR count). The van der Waals surface area contributed by atoms with Crippen molar-refractivity contribution >= 4 is 33.2 Å². The molecule has 13 heteroatoms. The smallest absolute Gasteiger partial charge is 0.302 e. The number of hydrogen-bond acceptors (Lipinski definition) is 5. The first kappa shape index (κ1) is 23.1. The Labute approximate surface area is 180 Å². The van der Waals surface area contributed by atoms with Gasteiger partial charge < -0.3 is 5.73 Å². The van der Waals surface area contributed by atoms with E-state index in [1.165, 1.54) is 28.1 Å². The van der Waals surface area contributed by atoms with Gasteiger partial charge in [0.2, 0.25) is 0 Å². The summed E-state index contributed by atoms with van der Waals surface area (Å²) >= 11 is 8.75. The third-order valence-electron chi connectivity index (χ3n) is 4.48. The highest BCUT2D eigenvalue weighted by Crippen LogP contribution is 2.41. The standard InChI is InChI=1S/C17H15BrClF6N5/c18-13-11(17(23,24)25)5-10(6-12(13)19)30-15(27)29(14(26)28-30)7-8-1-3-9(4-2-8)16(20,21)22/h1-6,14-15,28H,7,26-27H2. The molecule has 2 aromatic rings. The minimum absolute atomic E-state index is 0.0217. The summed E-state index contributed by atoms with van der Waals surface area (Å²) in [5, 5.41) is 1.03. The van der Waals surface area contributed by atoms with Crippen LogP contribution in [0.2, 0.25) is 5.02 Å². The number of alkyl halides is 6. The minimum Gasteiger partial charge on any atom is -0.302 e. The number of anilines is 1. The lowest BCUT2D eigenvalue weighted by atomic mass is 10.1. The minimum atomic E-state index is -4.66.